The van der Waals surface area contributed by atoms with Crippen molar-refractivity contribution >= 4 is 28.4 Å². The zero-order chi connectivity index (χ0) is 14.8. The number of rotatable bonds is 3. The highest BCUT2D eigenvalue weighted by molar-refractivity contribution is 6.32. The van der Waals surface area contributed by atoms with E-state index in [1.165, 1.54) is 7.11 Å². The SMILES string of the molecule is COc1cc(C(=O)c2cccc3nccnc23)ccc1Cl. The lowest BCUT2D eigenvalue weighted by molar-refractivity contribution is 0.104. The molecule has 0 saturated carbocycles. The van der Waals surface area contributed by atoms with Crippen LogP contribution in [-0.4, -0.2) is 22.9 Å². The van der Waals surface area contributed by atoms with Crippen LogP contribution in [0.3, 0.4) is 0 Å². The van der Waals surface area contributed by atoms with Crippen molar-refractivity contribution in [1.82, 2.24) is 9.97 Å². The summed E-state index contributed by atoms with van der Waals surface area (Å²) in [5.74, 6) is 0.324. The molecule has 0 amide bonds. The van der Waals surface area contributed by atoms with Crippen molar-refractivity contribution in [2.24, 2.45) is 0 Å². The number of fused-ring (bicyclic) bond motifs is 1. The lowest BCUT2D eigenvalue weighted by Crippen LogP contribution is -2.04. The van der Waals surface area contributed by atoms with Gasteiger partial charge in [-0.25, -0.2) is 0 Å². The fourth-order valence-corrected chi connectivity index (χ4v) is 2.33. The van der Waals surface area contributed by atoms with Crippen LogP contribution in [0.2, 0.25) is 5.02 Å². The van der Waals surface area contributed by atoms with E-state index in [4.69, 9.17) is 16.3 Å². The number of halogens is 1. The third-order valence-electron chi connectivity index (χ3n) is 3.16. The summed E-state index contributed by atoms with van der Waals surface area (Å²) >= 11 is 5.98. The Morgan fingerprint density at radius 1 is 1.14 bits per heavy atom. The molecule has 21 heavy (non-hydrogen) atoms. The molecule has 0 aliphatic heterocycles. The molecule has 0 aliphatic carbocycles. The molecule has 0 aliphatic rings. The number of ether oxygens (including phenoxy) is 1. The first-order valence-electron chi connectivity index (χ1n) is 6.28. The molecule has 0 radical (unpaired) electrons. The quantitative estimate of drug-likeness (QED) is 0.694. The highest BCUT2D eigenvalue weighted by Crippen LogP contribution is 2.27. The van der Waals surface area contributed by atoms with E-state index in [0.29, 0.717) is 32.9 Å². The van der Waals surface area contributed by atoms with Crippen LogP contribution in [0.4, 0.5) is 0 Å². The third kappa shape index (κ3) is 2.45. The molecule has 0 atom stereocenters. The Labute approximate surface area is 126 Å². The van der Waals surface area contributed by atoms with E-state index in [-0.39, 0.29) is 5.78 Å². The van der Waals surface area contributed by atoms with E-state index in [2.05, 4.69) is 9.97 Å². The molecule has 4 nitrogen and oxygen atoms in total. The van der Waals surface area contributed by atoms with Crippen LogP contribution in [0.15, 0.2) is 48.8 Å². The maximum atomic E-state index is 12.7. The Morgan fingerprint density at radius 2 is 1.95 bits per heavy atom. The molecular formula is C16H11ClN2O2. The molecule has 2 aromatic carbocycles. The average molecular weight is 299 g/mol. The van der Waals surface area contributed by atoms with E-state index in [9.17, 15) is 4.79 Å². The minimum atomic E-state index is -0.143. The van der Waals surface area contributed by atoms with Crippen LogP contribution in [-0.2, 0) is 0 Å². The monoisotopic (exact) mass is 298 g/mol. The highest BCUT2D eigenvalue weighted by Gasteiger charge is 2.15. The summed E-state index contributed by atoms with van der Waals surface area (Å²) < 4.78 is 5.15. The summed E-state index contributed by atoms with van der Waals surface area (Å²) in [5, 5.41) is 0.465. The number of methoxy groups -OCH3 is 1. The van der Waals surface area contributed by atoms with Crippen molar-refractivity contribution in [2.75, 3.05) is 7.11 Å². The van der Waals surface area contributed by atoms with Crippen molar-refractivity contribution in [3.8, 4) is 5.75 Å². The zero-order valence-corrected chi connectivity index (χ0v) is 12.0. The van der Waals surface area contributed by atoms with Gasteiger partial charge >= 0.3 is 0 Å². The summed E-state index contributed by atoms with van der Waals surface area (Å²) in [6, 6.07) is 10.3. The van der Waals surface area contributed by atoms with Crippen LogP contribution in [0.25, 0.3) is 11.0 Å². The van der Waals surface area contributed by atoms with E-state index in [1.807, 2.05) is 6.07 Å². The third-order valence-corrected chi connectivity index (χ3v) is 3.47. The van der Waals surface area contributed by atoms with Crippen molar-refractivity contribution in [2.45, 2.75) is 0 Å². The van der Waals surface area contributed by atoms with Gasteiger partial charge < -0.3 is 4.74 Å². The van der Waals surface area contributed by atoms with E-state index in [0.717, 1.165) is 0 Å². The zero-order valence-electron chi connectivity index (χ0n) is 11.2. The molecule has 5 heteroatoms. The van der Waals surface area contributed by atoms with Crippen molar-refractivity contribution in [1.29, 1.82) is 0 Å². The average Bonchev–Trinajstić information content (AvgIpc) is 2.54. The van der Waals surface area contributed by atoms with Gasteiger partial charge in [0.2, 0.25) is 0 Å². The minimum Gasteiger partial charge on any atom is -0.495 e. The van der Waals surface area contributed by atoms with Gasteiger partial charge in [-0.15, -0.1) is 0 Å². The second kappa shape index (κ2) is 5.50. The largest absolute Gasteiger partial charge is 0.495 e. The first-order chi connectivity index (χ1) is 10.2. The topological polar surface area (TPSA) is 52.1 Å². The molecule has 0 saturated heterocycles. The Bertz CT molecular complexity index is 828. The van der Waals surface area contributed by atoms with E-state index in [1.54, 1.807) is 42.7 Å². The molecule has 0 fully saturated rings. The molecule has 3 rings (SSSR count). The smallest absolute Gasteiger partial charge is 0.195 e. The number of para-hydroxylation sites is 1. The van der Waals surface area contributed by atoms with Gasteiger partial charge in [-0.1, -0.05) is 17.7 Å². The number of hydrogen-bond donors (Lipinski definition) is 0. The number of aromatic nitrogens is 2. The molecule has 104 valence electrons. The Morgan fingerprint density at radius 3 is 2.76 bits per heavy atom. The van der Waals surface area contributed by atoms with Crippen LogP contribution < -0.4 is 4.74 Å². The summed E-state index contributed by atoms with van der Waals surface area (Å²) in [7, 11) is 1.51. The van der Waals surface area contributed by atoms with Gasteiger partial charge in [0.25, 0.3) is 0 Å². The molecule has 3 aromatic rings. The molecule has 0 bridgehead atoms. The maximum absolute atomic E-state index is 12.7. The van der Waals surface area contributed by atoms with Gasteiger partial charge in [-0.05, 0) is 30.3 Å². The van der Waals surface area contributed by atoms with Gasteiger partial charge in [-0.3, -0.25) is 14.8 Å². The molecule has 0 N–H and O–H groups in total. The van der Waals surface area contributed by atoms with Gasteiger partial charge in [0.15, 0.2) is 5.78 Å². The normalized spacial score (nSPS) is 10.6. The molecule has 0 unspecified atom stereocenters. The van der Waals surface area contributed by atoms with Crippen LogP contribution in [0.1, 0.15) is 15.9 Å². The standard InChI is InChI=1S/C16H11ClN2O2/c1-21-14-9-10(5-6-12(14)17)16(20)11-3-2-4-13-15(11)19-8-7-18-13/h2-9H,1H3. The summed E-state index contributed by atoms with van der Waals surface area (Å²) in [4.78, 5) is 21.1. The highest BCUT2D eigenvalue weighted by atomic mass is 35.5. The summed E-state index contributed by atoms with van der Waals surface area (Å²) in [6.45, 7) is 0. The van der Waals surface area contributed by atoms with Crippen LogP contribution in [0, 0.1) is 0 Å². The maximum Gasteiger partial charge on any atom is 0.195 e. The molecule has 1 aromatic heterocycles. The van der Waals surface area contributed by atoms with Crippen LogP contribution >= 0.6 is 11.6 Å². The number of nitrogens with zero attached hydrogens (tertiary/aromatic N) is 2. The first-order valence-corrected chi connectivity index (χ1v) is 6.66. The van der Waals surface area contributed by atoms with Gasteiger partial charge in [0, 0.05) is 18.0 Å². The lowest BCUT2D eigenvalue weighted by atomic mass is 10.0. The second-order valence-electron chi connectivity index (χ2n) is 4.41. The fraction of sp³-hybridized carbons (Fsp3) is 0.0625. The Hall–Kier alpha value is -2.46. The second-order valence-corrected chi connectivity index (χ2v) is 4.82. The van der Waals surface area contributed by atoms with Gasteiger partial charge in [0.05, 0.1) is 28.7 Å². The number of carbonyl (C=O) groups is 1. The molecular weight excluding hydrogens is 288 g/mol. The van der Waals surface area contributed by atoms with Crippen molar-refractivity contribution in [3.05, 3.63) is 64.9 Å². The number of carbonyl (C=O) groups excluding carboxylic acids is 1. The number of benzene rings is 2. The Kier molecular flexibility index (Phi) is 3.54. The molecule has 1 heterocycles. The summed E-state index contributed by atoms with van der Waals surface area (Å²) in [6.07, 6.45) is 3.17. The van der Waals surface area contributed by atoms with Crippen LogP contribution in [0.5, 0.6) is 5.75 Å². The molecule has 0 spiro atoms. The van der Waals surface area contributed by atoms with Crippen molar-refractivity contribution in [3.63, 3.8) is 0 Å². The van der Waals surface area contributed by atoms with Gasteiger partial charge in [-0.2, -0.15) is 0 Å². The minimum absolute atomic E-state index is 0.143. The predicted molar refractivity (Wildman–Crippen MR) is 81.0 cm³/mol. The lowest BCUT2D eigenvalue weighted by Gasteiger charge is -2.07. The predicted octanol–water partition coefficient (Wildman–Crippen LogP) is 3.52. The van der Waals surface area contributed by atoms with E-state index < -0.39 is 0 Å². The first kappa shape index (κ1) is 13.5. The Balaban J connectivity index is 2.13. The van der Waals surface area contributed by atoms with E-state index >= 15 is 0 Å². The summed E-state index contributed by atoms with van der Waals surface area (Å²) in [5.41, 5.74) is 2.27. The number of hydrogen-bond acceptors (Lipinski definition) is 4. The van der Waals surface area contributed by atoms with Gasteiger partial charge in [0.1, 0.15) is 5.75 Å². The number of ketones is 1. The van der Waals surface area contributed by atoms with Crippen molar-refractivity contribution < 1.29 is 9.53 Å². The fourth-order valence-electron chi connectivity index (χ4n) is 2.13.